The van der Waals surface area contributed by atoms with E-state index in [2.05, 4.69) is 27.1 Å². The molecule has 2 fully saturated rings. The topological polar surface area (TPSA) is 59.5 Å². The van der Waals surface area contributed by atoms with Crippen LogP contribution < -0.4 is 10.2 Å². The van der Waals surface area contributed by atoms with Crippen molar-refractivity contribution in [1.29, 1.82) is 0 Å². The Balaban J connectivity index is 1.54. The Hall–Kier alpha value is -1.40. The van der Waals surface area contributed by atoms with Gasteiger partial charge in [-0.1, -0.05) is 19.8 Å². The largest absolute Gasteiger partial charge is 0.356 e. The molecule has 0 radical (unpaired) electrons. The van der Waals surface area contributed by atoms with Crippen molar-refractivity contribution in [2.75, 3.05) is 43.1 Å². The van der Waals surface area contributed by atoms with Crippen molar-refractivity contribution in [3.05, 3.63) is 12.3 Å². The molecule has 122 valence electrons. The van der Waals surface area contributed by atoms with Crippen molar-refractivity contribution in [3.8, 4) is 0 Å². The third kappa shape index (κ3) is 3.67. The first kappa shape index (κ1) is 15.5. The fourth-order valence-corrected chi connectivity index (χ4v) is 3.05. The van der Waals surface area contributed by atoms with Crippen molar-refractivity contribution in [3.63, 3.8) is 0 Å². The fourth-order valence-electron chi connectivity index (χ4n) is 3.05. The van der Waals surface area contributed by atoms with E-state index in [9.17, 15) is 0 Å². The molecule has 6 nitrogen and oxygen atoms in total. The fraction of sp³-hybridized carbons (Fsp3) is 0.750. The average Bonchev–Trinajstić information content (AvgIpc) is 3.01. The summed E-state index contributed by atoms with van der Waals surface area (Å²) in [6, 6.07) is 1.98. The van der Waals surface area contributed by atoms with Gasteiger partial charge < -0.3 is 19.7 Å². The third-order valence-electron chi connectivity index (χ3n) is 4.37. The SMILES string of the molecule is CCCCCNc1nccc(N2CCC3(CC2)OCCO3)n1. The maximum absolute atomic E-state index is 5.77. The second-order valence-electron chi connectivity index (χ2n) is 5.97. The lowest BCUT2D eigenvalue weighted by Crippen LogP contribution is -2.45. The normalized spacial score (nSPS) is 20.5. The summed E-state index contributed by atoms with van der Waals surface area (Å²) >= 11 is 0. The van der Waals surface area contributed by atoms with Gasteiger partial charge >= 0.3 is 0 Å². The van der Waals surface area contributed by atoms with E-state index in [1.54, 1.807) is 0 Å². The molecule has 2 saturated heterocycles. The number of anilines is 2. The van der Waals surface area contributed by atoms with Crippen molar-refractivity contribution in [1.82, 2.24) is 9.97 Å². The van der Waals surface area contributed by atoms with Crippen LogP contribution in [0.4, 0.5) is 11.8 Å². The van der Waals surface area contributed by atoms with Gasteiger partial charge in [0.05, 0.1) is 13.2 Å². The van der Waals surface area contributed by atoms with Crippen LogP contribution in [0.1, 0.15) is 39.0 Å². The van der Waals surface area contributed by atoms with Gasteiger partial charge in [-0.15, -0.1) is 0 Å². The summed E-state index contributed by atoms with van der Waals surface area (Å²) in [6.07, 6.45) is 7.25. The molecule has 0 unspecified atom stereocenters. The van der Waals surface area contributed by atoms with E-state index in [-0.39, 0.29) is 5.79 Å². The van der Waals surface area contributed by atoms with Crippen LogP contribution in [0.3, 0.4) is 0 Å². The maximum Gasteiger partial charge on any atom is 0.224 e. The molecule has 1 spiro atoms. The number of hydrogen-bond donors (Lipinski definition) is 1. The molecule has 1 N–H and O–H groups in total. The standard InChI is InChI=1S/C16H26N4O2/c1-2-3-4-8-17-15-18-9-5-14(19-15)20-10-6-16(7-11-20)21-12-13-22-16/h5,9H,2-4,6-8,10-13H2,1H3,(H,17,18,19). The molecule has 0 bridgehead atoms. The number of nitrogens with zero attached hydrogens (tertiary/aromatic N) is 3. The smallest absolute Gasteiger partial charge is 0.224 e. The van der Waals surface area contributed by atoms with Crippen molar-refractivity contribution in [2.24, 2.45) is 0 Å². The number of aromatic nitrogens is 2. The van der Waals surface area contributed by atoms with Gasteiger partial charge in [0, 0.05) is 38.7 Å². The van der Waals surface area contributed by atoms with E-state index in [1.165, 1.54) is 12.8 Å². The Morgan fingerprint density at radius 2 is 2.00 bits per heavy atom. The van der Waals surface area contributed by atoms with E-state index < -0.39 is 0 Å². The molecule has 6 heteroatoms. The van der Waals surface area contributed by atoms with E-state index in [1.807, 2.05) is 12.3 Å². The summed E-state index contributed by atoms with van der Waals surface area (Å²) < 4.78 is 11.5. The lowest BCUT2D eigenvalue weighted by Gasteiger charge is -2.38. The van der Waals surface area contributed by atoms with Crippen LogP contribution in [0.2, 0.25) is 0 Å². The Bertz CT molecular complexity index is 467. The maximum atomic E-state index is 5.77. The van der Waals surface area contributed by atoms with Crippen LogP contribution in [-0.2, 0) is 9.47 Å². The summed E-state index contributed by atoms with van der Waals surface area (Å²) in [7, 11) is 0. The zero-order chi connectivity index (χ0) is 15.3. The first-order valence-electron chi connectivity index (χ1n) is 8.41. The number of piperidine rings is 1. The summed E-state index contributed by atoms with van der Waals surface area (Å²) in [6.45, 7) is 6.40. The van der Waals surface area contributed by atoms with Crippen molar-refractivity contribution >= 4 is 11.8 Å². The Morgan fingerprint density at radius 1 is 1.23 bits per heavy atom. The Labute approximate surface area is 132 Å². The highest BCUT2D eigenvalue weighted by Crippen LogP contribution is 2.32. The molecule has 1 aromatic heterocycles. The highest BCUT2D eigenvalue weighted by Gasteiger charge is 2.40. The van der Waals surface area contributed by atoms with Gasteiger partial charge in [-0.05, 0) is 12.5 Å². The molecule has 2 aliphatic rings. The predicted octanol–water partition coefficient (Wildman–Crippen LogP) is 2.42. The van der Waals surface area contributed by atoms with Crippen LogP contribution in [0.25, 0.3) is 0 Å². The minimum absolute atomic E-state index is 0.329. The highest BCUT2D eigenvalue weighted by molar-refractivity contribution is 5.43. The van der Waals surface area contributed by atoms with E-state index in [0.29, 0.717) is 0 Å². The summed E-state index contributed by atoms with van der Waals surface area (Å²) in [4.78, 5) is 11.2. The van der Waals surface area contributed by atoms with E-state index in [0.717, 1.165) is 63.9 Å². The minimum Gasteiger partial charge on any atom is -0.356 e. The van der Waals surface area contributed by atoms with Crippen LogP contribution in [0.5, 0.6) is 0 Å². The van der Waals surface area contributed by atoms with Gasteiger partial charge in [0.15, 0.2) is 5.79 Å². The molecule has 2 aliphatic heterocycles. The zero-order valence-corrected chi connectivity index (χ0v) is 13.4. The number of unbranched alkanes of at least 4 members (excludes halogenated alkanes) is 2. The number of hydrogen-bond acceptors (Lipinski definition) is 6. The molecular weight excluding hydrogens is 280 g/mol. The molecule has 0 aromatic carbocycles. The van der Waals surface area contributed by atoms with E-state index >= 15 is 0 Å². The number of nitrogens with one attached hydrogen (secondary N) is 1. The first-order chi connectivity index (χ1) is 10.8. The number of ether oxygens (including phenoxy) is 2. The molecule has 22 heavy (non-hydrogen) atoms. The summed E-state index contributed by atoms with van der Waals surface area (Å²) in [5.74, 6) is 1.38. The third-order valence-corrected chi connectivity index (χ3v) is 4.37. The first-order valence-corrected chi connectivity index (χ1v) is 8.41. The second-order valence-corrected chi connectivity index (χ2v) is 5.97. The molecule has 0 amide bonds. The lowest BCUT2D eigenvalue weighted by atomic mass is 10.0. The van der Waals surface area contributed by atoms with Gasteiger partial charge in [-0.2, -0.15) is 4.98 Å². The van der Waals surface area contributed by atoms with Crippen LogP contribution in [0.15, 0.2) is 12.3 Å². The molecule has 3 heterocycles. The van der Waals surface area contributed by atoms with Crippen LogP contribution in [0, 0.1) is 0 Å². The monoisotopic (exact) mass is 306 g/mol. The molecule has 0 atom stereocenters. The molecule has 3 rings (SSSR count). The molecule has 0 saturated carbocycles. The van der Waals surface area contributed by atoms with Crippen LogP contribution >= 0.6 is 0 Å². The minimum atomic E-state index is -0.329. The zero-order valence-electron chi connectivity index (χ0n) is 13.4. The van der Waals surface area contributed by atoms with Gasteiger partial charge in [0.2, 0.25) is 5.95 Å². The molecular formula is C16H26N4O2. The highest BCUT2D eigenvalue weighted by atomic mass is 16.7. The Kier molecular flexibility index (Phi) is 5.10. The predicted molar refractivity (Wildman–Crippen MR) is 86.1 cm³/mol. The quantitative estimate of drug-likeness (QED) is 0.815. The van der Waals surface area contributed by atoms with Crippen LogP contribution in [-0.4, -0.2) is 48.6 Å². The Morgan fingerprint density at radius 3 is 2.73 bits per heavy atom. The second kappa shape index (κ2) is 7.24. The van der Waals surface area contributed by atoms with Gasteiger partial charge in [-0.3, -0.25) is 0 Å². The van der Waals surface area contributed by atoms with E-state index in [4.69, 9.17) is 9.47 Å². The molecule has 0 aliphatic carbocycles. The van der Waals surface area contributed by atoms with Gasteiger partial charge in [-0.25, -0.2) is 4.98 Å². The van der Waals surface area contributed by atoms with Crippen molar-refractivity contribution in [2.45, 2.75) is 44.8 Å². The molecule has 1 aromatic rings. The lowest BCUT2D eigenvalue weighted by molar-refractivity contribution is -0.169. The average molecular weight is 306 g/mol. The summed E-state index contributed by atoms with van der Waals surface area (Å²) in [5.41, 5.74) is 0. The summed E-state index contributed by atoms with van der Waals surface area (Å²) in [5, 5.41) is 3.31. The van der Waals surface area contributed by atoms with Gasteiger partial charge in [0.25, 0.3) is 0 Å². The van der Waals surface area contributed by atoms with Gasteiger partial charge in [0.1, 0.15) is 5.82 Å². The van der Waals surface area contributed by atoms with Crippen molar-refractivity contribution < 1.29 is 9.47 Å². The number of rotatable bonds is 6.